The molecule has 0 saturated carbocycles. The fourth-order valence-electron chi connectivity index (χ4n) is 3.77. The number of carboxylic acid groups (broad SMARTS) is 1. The molecule has 1 aliphatic heterocycles. The Hall–Kier alpha value is -4.10. The molecule has 0 radical (unpaired) electrons. The van der Waals surface area contributed by atoms with E-state index in [1.54, 1.807) is 31.1 Å². The maximum Gasteiger partial charge on any atom is 0.408 e. The van der Waals surface area contributed by atoms with Gasteiger partial charge in [0.2, 0.25) is 5.91 Å². The van der Waals surface area contributed by atoms with Gasteiger partial charge in [0.1, 0.15) is 17.4 Å². The maximum atomic E-state index is 12.5. The second kappa shape index (κ2) is 10.0. The monoisotopic (exact) mass is 494 g/mol. The van der Waals surface area contributed by atoms with Crippen molar-refractivity contribution in [1.82, 2.24) is 34.7 Å². The number of pyridine rings is 2. The minimum absolute atomic E-state index is 0.0481. The lowest BCUT2D eigenvalue weighted by Gasteiger charge is -2.32. The molecule has 1 fully saturated rings. The van der Waals surface area contributed by atoms with Crippen LogP contribution in [0.15, 0.2) is 49.3 Å². The number of hydrogen-bond donors (Lipinski definition) is 3. The van der Waals surface area contributed by atoms with Crippen molar-refractivity contribution < 1.29 is 19.4 Å². The molecule has 4 aromatic rings. The molecule has 0 bridgehead atoms. The van der Waals surface area contributed by atoms with Crippen LogP contribution in [0.1, 0.15) is 0 Å². The highest BCUT2D eigenvalue weighted by Crippen LogP contribution is 2.30. The van der Waals surface area contributed by atoms with Gasteiger partial charge in [0.15, 0.2) is 5.13 Å². The largest absolute Gasteiger partial charge is 0.465 e. The fourth-order valence-corrected chi connectivity index (χ4v) is 4.59. The summed E-state index contributed by atoms with van der Waals surface area (Å²) >= 11 is 1.51. The van der Waals surface area contributed by atoms with Gasteiger partial charge in [-0.15, -0.1) is 0 Å². The minimum Gasteiger partial charge on any atom is -0.465 e. The van der Waals surface area contributed by atoms with Crippen molar-refractivity contribution in [3.8, 4) is 10.4 Å². The Labute approximate surface area is 203 Å². The highest BCUT2D eigenvalue weighted by Gasteiger charge is 2.32. The Balaban J connectivity index is 1.23. The quantitative estimate of drug-likeness (QED) is 0.352. The van der Waals surface area contributed by atoms with Gasteiger partial charge in [-0.1, -0.05) is 11.3 Å². The number of ether oxygens (including phenoxy) is 1. The highest BCUT2D eigenvalue weighted by atomic mass is 32.1. The summed E-state index contributed by atoms with van der Waals surface area (Å²) in [5.41, 5.74) is 2.60. The first kappa shape index (κ1) is 22.7. The summed E-state index contributed by atoms with van der Waals surface area (Å²) in [7, 11) is 0. The third-order valence-corrected chi connectivity index (χ3v) is 6.50. The molecular formula is C22H22N8O4S. The zero-order valence-corrected chi connectivity index (χ0v) is 19.3. The first-order valence-electron chi connectivity index (χ1n) is 10.9. The summed E-state index contributed by atoms with van der Waals surface area (Å²) in [5, 5.41) is 16.0. The maximum absolute atomic E-state index is 12.5. The number of rotatable bonds is 7. The molecule has 180 valence electrons. The van der Waals surface area contributed by atoms with Crippen molar-refractivity contribution in [3.63, 3.8) is 0 Å². The van der Waals surface area contributed by atoms with Crippen molar-refractivity contribution in [2.24, 2.45) is 0 Å². The molecule has 1 aliphatic rings. The number of anilines is 2. The predicted octanol–water partition coefficient (Wildman–Crippen LogP) is 2.19. The predicted molar refractivity (Wildman–Crippen MR) is 129 cm³/mol. The lowest BCUT2D eigenvalue weighted by molar-refractivity contribution is -0.131. The zero-order valence-electron chi connectivity index (χ0n) is 18.5. The highest BCUT2D eigenvalue weighted by molar-refractivity contribution is 7.18. The molecule has 0 aromatic carbocycles. The van der Waals surface area contributed by atoms with E-state index in [0.29, 0.717) is 24.0 Å². The Morgan fingerprint density at radius 2 is 2.06 bits per heavy atom. The molecule has 0 unspecified atom stereocenters. The van der Waals surface area contributed by atoms with Crippen LogP contribution in [0.25, 0.3) is 21.5 Å². The molecule has 1 saturated heterocycles. The van der Waals surface area contributed by atoms with Gasteiger partial charge in [0.05, 0.1) is 36.1 Å². The number of aromatic nitrogens is 5. The second-order valence-corrected chi connectivity index (χ2v) is 8.78. The molecule has 12 nitrogen and oxygen atoms in total. The van der Waals surface area contributed by atoms with Gasteiger partial charge >= 0.3 is 6.09 Å². The first-order chi connectivity index (χ1) is 17.1. The first-order valence-corrected chi connectivity index (χ1v) is 11.7. The average Bonchev–Trinajstić information content (AvgIpc) is 3.51. The molecule has 13 heteroatoms. The lowest BCUT2D eigenvalue weighted by Crippen LogP contribution is -2.55. The normalized spacial score (nSPS) is 15.8. The van der Waals surface area contributed by atoms with Gasteiger partial charge in [-0.05, 0) is 17.7 Å². The number of nitrogens with one attached hydrogen (secondary N) is 2. The third kappa shape index (κ3) is 5.05. The standard InChI is InChI=1S/C22H22N8O4S/c31-20(17-12-34-8-7-30(17)22(32)33)24-5-6-29-13-27-15-10-25-19(9-16(15)29)28-21-26-11-18(35-21)14-1-3-23-4-2-14/h1-4,9-11,13,17H,5-8,12H2,(H,24,31)(H,32,33)(H,25,26,28)/t17-/m0/s1. The number of fused-ring (bicyclic) bond motifs is 1. The number of nitrogens with zero attached hydrogens (tertiary/aromatic N) is 6. The van der Waals surface area contributed by atoms with Gasteiger partial charge in [0, 0.05) is 44.3 Å². The van der Waals surface area contributed by atoms with Crippen LogP contribution >= 0.6 is 11.3 Å². The Kier molecular flexibility index (Phi) is 6.50. The molecule has 35 heavy (non-hydrogen) atoms. The minimum atomic E-state index is -1.13. The van der Waals surface area contributed by atoms with E-state index < -0.39 is 12.1 Å². The molecule has 0 spiro atoms. The van der Waals surface area contributed by atoms with E-state index in [0.717, 1.165) is 26.4 Å². The van der Waals surface area contributed by atoms with Gasteiger partial charge in [0.25, 0.3) is 0 Å². The zero-order chi connectivity index (χ0) is 24.2. The number of amides is 2. The van der Waals surface area contributed by atoms with Crippen molar-refractivity contribution >= 4 is 45.3 Å². The Morgan fingerprint density at radius 3 is 2.89 bits per heavy atom. The van der Waals surface area contributed by atoms with Crippen molar-refractivity contribution in [2.45, 2.75) is 12.6 Å². The van der Waals surface area contributed by atoms with Gasteiger partial charge < -0.3 is 25.0 Å². The molecular weight excluding hydrogens is 472 g/mol. The van der Waals surface area contributed by atoms with E-state index in [-0.39, 0.29) is 25.7 Å². The third-order valence-electron chi connectivity index (χ3n) is 5.54. The van der Waals surface area contributed by atoms with Crippen LogP contribution in [-0.2, 0) is 16.1 Å². The van der Waals surface area contributed by atoms with Crippen LogP contribution in [0, 0.1) is 0 Å². The van der Waals surface area contributed by atoms with Crippen LogP contribution in [0.4, 0.5) is 15.7 Å². The smallest absolute Gasteiger partial charge is 0.408 e. The second-order valence-electron chi connectivity index (χ2n) is 7.74. The van der Waals surface area contributed by atoms with Gasteiger partial charge in [-0.3, -0.25) is 14.7 Å². The van der Waals surface area contributed by atoms with Gasteiger partial charge in [-0.25, -0.2) is 19.7 Å². The summed E-state index contributed by atoms with van der Waals surface area (Å²) in [6.07, 6.45) is 7.51. The number of morpholine rings is 1. The van der Waals surface area contributed by atoms with Gasteiger partial charge in [-0.2, -0.15) is 0 Å². The number of imidazole rings is 1. The Morgan fingerprint density at radius 1 is 1.20 bits per heavy atom. The Bertz CT molecular complexity index is 1340. The van der Waals surface area contributed by atoms with Crippen LogP contribution < -0.4 is 10.6 Å². The summed E-state index contributed by atoms with van der Waals surface area (Å²) in [6.45, 7) is 1.27. The van der Waals surface area contributed by atoms with E-state index in [4.69, 9.17) is 4.74 Å². The molecule has 4 aromatic heterocycles. The summed E-state index contributed by atoms with van der Waals surface area (Å²) in [5.74, 6) is 0.240. The van der Waals surface area contributed by atoms with Crippen molar-refractivity contribution in [1.29, 1.82) is 0 Å². The van der Waals surface area contributed by atoms with E-state index in [2.05, 4.69) is 30.6 Å². The molecule has 1 atom stereocenters. The molecule has 5 rings (SSSR count). The number of carbonyl (C=O) groups is 2. The summed E-state index contributed by atoms with van der Waals surface area (Å²) < 4.78 is 7.18. The van der Waals surface area contributed by atoms with Crippen molar-refractivity contribution in [2.75, 3.05) is 31.6 Å². The van der Waals surface area contributed by atoms with E-state index in [1.165, 1.54) is 11.3 Å². The molecule has 3 N–H and O–H groups in total. The number of thiazole rings is 1. The fraction of sp³-hybridized carbons (Fsp3) is 0.273. The summed E-state index contributed by atoms with van der Waals surface area (Å²) in [4.78, 5) is 43.3. The van der Waals surface area contributed by atoms with E-state index in [1.807, 2.05) is 22.8 Å². The van der Waals surface area contributed by atoms with Crippen LogP contribution in [0.5, 0.6) is 0 Å². The number of hydrogen-bond acceptors (Lipinski definition) is 9. The van der Waals surface area contributed by atoms with Crippen LogP contribution in [0.2, 0.25) is 0 Å². The van der Waals surface area contributed by atoms with Crippen LogP contribution in [0.3, 0.4) is 0 Å². The van der Waals surface area contributed by atoms with E-state index in [9.17, 15) is 14.7 Å². The molecule has 5 heterocycles. The summed E-state index contributed by atoms with van der Waals surface area (Å²) in [6, 6.07) is 4.88. The lowest BCUT2D eigenvalue weighted by atomic mass is 10.2. The SMILES string of the molecule is O=C(NCCn1cnc2cnc(Nc3ncc(-c4ccncc4)s3)cc21)[C@@H]1COCCN1C(=O)O. The average molecular weight is 495 g/mol. The van der Waals surface area contributed by atoms with E-state index >= 15 is 0 Å². The molecule has 2 amide bonds. The van der Waals surface area contributed by atoms with Crippen LogP contribution in [-0.4, -0.2) is 78.9 Å². The van der Waals surface area contributed by atoms with Crippen molar-refractivity contribution in [3.05, 3.63) is 49.3 Å². The topological polar surface area (TPSA) is 147 Å². The molecule has 0 aliphatic carbocycles. The number of carbonyl (C=O) groups excluding carboxylic acids is 1.